The van der Waals surface area contributed by atoms with Crippen molar-refractivity contribution < 1.29 is 23.9 Å². The molecule has 27 heavy (non-hydrogen) atoms. The lowest BCUT2D eigenvalue weighted by Gasteiger charge is -2.33. The van der Waals surface area contributed by atoms with Crippen LogP contribution in [-0.4, -0.2) is 61.1 Å². The van der Waals surface area contributed by atoms with Gasteiger partial charge in [-0.05, 0) is 18.9 Å². The number of esters is 1. The van der Waals surface area contributed by atoms with Crippen LogP contribution < -0.4 is 10.1 Å². The molecule has 0 unspecified atom stereocenters. The van der Waals surface area contributed by atoms with E-state index in [1.54, 1.807) is 17.0 Å². The third-order valence-corrected chi connectivity index (χ3v) is 5.20. The van der Waals surface area contributed by atoms with Gasteiger partial charge in [0.2, 0.25) is 5.91 Å². The third-order valence-electron chi connectivity index (χ3n) is 5.20. The molecule has 1 aromatic carbocycles. The van der Waals surface area contributed by atoms with Crippen molar-refractivity contribution in [2.24, 2.45) is 0 Å². The summed E-state index contributed by atoms with van der Waals surface area (Å²) < 4.78 is 10.6. The zero-order valence-corrected chi connectivity index (χ0v) is 15.1. The molecule has 4 rings (SSSR count). The number of urea groups is 1. The summed E-state index contributed by atoms with van der Waals surface area (Å²) in [7, 11) is 1.53. The predicted octanol–water partition coefficient (Wildman–Crippen LogP) is 1.19. The van der Waals surface area contributed by atoms with Crippen molar-refractivity contribution in [2.45, 2.75) is 18.9 Å². The number of nitrogens with zero attached hydrogens (tertiary/aromatic N) is 2. The monoisotopic (exact) mass is 371 g/mol. The quantitative estimate of drug-likeness (QED) is 0.804. The van der Waals surface area contributed by atoms with Crippen molar-refractivity contribution in [1.82, 2.24) is 15.1 Å². The van der Waals surface area contributed by atoms with Gasteiger partial charge in [-0.15, -0.1) is 0 Å². The number of hydrogen-bond donors (Lipinski definition) is 1. The molecule has 0 saturated carbocycles. The van der Waals surface area contributed by atoms with E-state index in [1.807, 2.05) is 12.1 Å². The molecule has 3 heterocycles. The maximum absolute atomic E-state index is 12.8. The zero-order valence-electron chi connectivity index (χ0n) is 15.1. The van der Waals surface area contributed by atoms with Crippen LogP contribution in [0, 0.1) is 0 Å². The first kappa shape index (κ1) is 17.4. The molecular weight excluding hydrogens is 350 g/mol. The van der Waals surface area contributed by atoms with Gasteiger partial charge in [0.15, 0.2) is 0 Å². The Morgan fingerprint density at radius 2 is 2.00 bits per heavy atom. The molecule has 8 heteroatoms. The summed E-state index contributed by atoms with van der Waals surface area (Å²) in [6, 6.07) is 6.10. The van der Waals surface area contributed by atoms with E-state index in [0.29, 0.717) is 35.7 Å². The summed E-state index contributed by atoms with van der Waals surface area (Å²) >= 11 is 0. The highest BCUT2D eigenvalue weighted by molar-refractivity contribution is 5.98. The molecule has 3 aliphatic heterocycles. The summed E-state index contributed by atoms with van der Waals surface area (Å²) in [6.07, 6.45) is 1.95. The first-order chi connectivity index (χ1) is 13.1. The number of amides is 3. The normalized spacial score (nSPS) is 21.9. The standard InChI is InChI=1S/C19H21N3O5/c1-26-14-7-3-2-6-12(14)17-16-13(11-27-18(16)24)22(19(25)20-17)10-15(23)21-8-4-5-9-21/h2-3,6-7,17H,4-5,8-11H2,1H3,(H,20,25)/t17-/m1/s1. The highest BCUT2D eigenvalue weighted by Gasteiger charge is 2.43. The Morgan fingerprint density at radius 3 is 2.74 bits per heavy atom. The Labute approximate surface area is 156 Å². The molecule has 0 spiro atoms. The summed E-state index contributed by atoms with van der Waals surface area (Å²) in [5.74, 6) is -0.0416. The van der Waals surface area contributed by atoms with E-state index in [-0.39, 0.29) is 19.1 Å². The lowest BCUT2D eigenvalue weighted by Crippen LogP contribution is -2.50. The number of carbonyl (C=O) groups excluding carboxylic acids is 3. The number of likely N-dealkylation sites (tertiary alicyclic amines) is 1. The van der Waals surface area contributed by atoms with Gasteiger partial charge < -0.3 is 19.7 Å². The van der Waals surface area contributed by atoms with Gasteiger partial charge in [0.25, 0.3) is 0 Å². The van der Waals surface area contributed by atoms with Crippen LogP contribution in [0.1, 0.15) is 24.4 Å². The first-order valence-corrected chi connectivity index (χ1v) is 8.99. The molecule has 0 radical (unpaired) electrons. The van der Waals surface area contributed by atoms with Crippen LogP contribution in [0.4, 0.5) is 4.79 Å². The number of para-hydroxylation sites is 1. The van der Waals surface area contributed by atoms with Gasteiger partial charge in [-0.2, -0.15) is 0 Å². The average molecular weight is 371 g/mol. The lowest BCUT2D eigenvalue weighted by atomic mass is 9.95. The number of rotatable bonds is 4. The van der Waals surface area contributed by atoms with Crippen molar-refractivity contribution in [3.63, 3.8) is 0 Å². The summed E-state index contributed by atoms with van der Waals surface area (Å²) in [4.78, 5) is 40.8. The second-order valence-corrected chi connectivity index (χ2v) is 6.73. The van der Waals surface area contributed by atoms with Gasteiger partial charge in [0.1, 0.15) is 18.9 Å². The minimum absolute atomic E-state index is 0.0134. The molecule has 0 bridgehead atoms. The molecule has 1 N–H and O–H groups in total. The van der Waals surface area contributed by atoms with Crippen LogP contribution in [0.5, 0.6) is 5.75 Å². The minimum atomic E-state index is -0.670. The molecule has 1 atom stereocenters. The van der Waals surface area contributed by atoms with Crippen LogP contribution in [0.3, 0.4) is 0 Å². The van der Waals surface area contributed by atoms with Crippen LogP contribution in [0.2, 0.25) is 0 Å². The van der Waals surface area contributed by atoms with Gasteiger partial charge in [0, 0.05) is 18.7 Å². The van der Waals surface area contributed by atoms with Crippen molar-refractivity contribution in [1.29, 1.82) is 0 Å². The van der Waals surface area contributed by atoms with E-state index >= 15 is 0 Å². The van der Waals surface area contributed by atoms with Crippen LogP contribution in [-0.2, 0) is 14.3 Å². The third kappa shape index (κ3) is 3.01. The van der Waals surface area contributed by atoms with E-state index in [0.717, 1.165) is 12.8 Å². The van der Waals surface area contributed by atoms with Gasteiger partial charge in [-0.3, -0.25) is 9.69 Å². The fourth-order valence-corrected chi connectivity index (χ4v) is 3.82. The summed E-state index contributed by atoms with van der Waals surface area (Å²) in [6.45, 7) is 1.30. The molecule has 3 amide bonds. The van der Waals surface area contributed by atoms with E-state index in [4.69, 9.17) is 9.47 Å². The minimum Gasteiger partial charge on any atom is -0.496 e. The lowest BCUT2D eigenvalue weighted by molar-refractivity contribution is -0.136. The first-order valence-electron chi connectivity index (χ1n) is 8.99. The number of hydrogen-bond acceptors (Lipinski definition) is 5. The van der Waals surface area contributed by atoms with Gasteiger partial charge >= 0.3 is 12.0 Å². The van der Waals surface area contributed by atoms with Crippen molar-refractivity contribution >= 4 is 17.9 Å². The SMILES string of the molecule is COc1ccccc1[C@H]1NC(=O)N(CC(=O)N2CCCC2)C2=C1C(=O)OC2. The van der Waals surface area contributed by atoms with E-state index in [2.05, 4.69) is 5.32 Å². The average Bonchev–Trinajstić information content (AvgIpc) is 3.34. The number of cyclic esters (lactones) is 1. The molecule has 8 nitrogen and oxygen atoms in total. The number of carbonyl (C=O) groups is 3. The predicted molar refractivity (Wildman–Crippen MR) is 94.8 cm³/mol. The molecule has 1 aromatic rings. The Hall–Kier alpha value is -3.03. The molecular formula is C19H21N3O5. The van der Waals surface area contributed by atoms with Gasteiger partial charge in [-0.1, -0.05) is 18.2 Å². The molecule has 1 saturated heterocycles. The second-order valence-electron chi connectivity index (χ2n) is 6.73. The topological polar surface area (TPSA) is 88.2 Å². The highest BCUT2D eigenvalue weighted by Crippen LogP contribution is 2.38. The summed E-state index contributed by atoms with van der Waals surface area (Å²) in [5, 5.41) is 2.83. The molecule has 0 aliphatic carbocycles. The van der Waals surface area contributed by atoms with Crippen LogP contribution in [0.25, 0.3) is 0 Å². The molecule has 0 aromatic heterocycles. The van der Waals surface area contributed by atoms with Gasteiger partial charge in [0.05, 0.1) is 24.4 Å². The fraction of sp³-hybridized carbons (Fsp3) is 0.421. The largest absolute Gasteiger partial charge is 0.496 e. The number of ether oxygens (including phenoxy) is 2. The Balaban J connectivity index is 1.68. The molecule has 3 aliphatic rings. The second kappa shape index (κ2) is 6.94. The van der Waals surface area contributed by atoms with E-state index in [9.17, 15) is 14.4 Å². The van der Waals surface area contributed by atoms with Crippen molar-refractivity contribution in [3.05, 3.63) is 41.1 Å². The van der Waals surface area contributed by atoms with E-state index in [1.165, 1.54) is 12.0 Å². The van der Waals surface area contributed by atoms with E-state index < -0.39 is 18.0 Å². The maximum Gasteiger partial charge on any atom is 0.338 e. The summed E-state index contributed by atoms with van der Waals surface area (Å²) in [5.41, 5.74) is 1.48. The maximum atomic E-state index is 12.8. The van der Waals surface area contributed by atoms with Crippen molar-refractivity contribution in [2.75, 3.05) is 33.4 Å². The Morgan fingerprint density at radius 1 is 1.26 bits per heavy atom. The zero-order chi connectivity index (χ0) is 19.0. The smallest absolute Gasteiger partial charge is 0.338 e. The van der Waals surface area contributed by atoms with Gasteiger partial charge in [-0.25, -0.2) is 9.59 Å². The Kier molecular flexibility index (Phi) is 4.47. The Bertz CT molecular complexity index is 828. The number of methoxy groups -OCH3 is 1. The molecule has 142 valence electrons. The van der Waals surface area contributed by atoms with Crippen LogP contribution >= 0.6 is 0 Å². The van der Waals surface area contributed by atoms with Crippen LogP contribution in [0.15, 0.2) is 35.5 Å². The van der Waals surface area contributed by atoms with Crippen molar-refractivity contribution in [3.8, 4) is 5.75 Å². The fourth-order valence-electron chi connectivity index (χ4n) is 3.82. The molecule has 1 fully saturated rings. The number of benzene rings is 1. The highest BCUT2D eigenvalue weighted by atomic mass is 16.5. The number of nitrogens with one attached hydrogen (secondary N) is 1.